The highest BCUT2D eigenvalue weighted by Gasteiger charge is 2.35. The second kappa shape index (κ2) is 9.93. The molecule has 0 fully saturated rings. The van der Waals surface area contributed by atoms with E-state index in [1.807, 2.05) is 53.8 Å². The van der Waals surface area contributed by atoms with Crippen molar-refractivity contribution in [2.45, 2.75) is 5.92 Å². The van der Waals surface area contributed by atoms with Crippen LogP contribution in [-0.4, -0.2) is 15.0 Å². The number of rotatable bonds is 3. The highest BCUT2D eigenvalue weighted by atomic mass is 32.1. The third-order valence-corrected chi connectivity index (χ3v) is 10.6. The molecule has 3 aliphatic rings. The van der Waals surface area contributed by atoms with Crippen molar-refractivity contribution in [3.63, 3.8) is 0 Å². The second-order valence-electron chi connectivity index (χ2n) is 12.0. The number of thiophene rings is 1. The van der Waals surface area contributed by atoms with E-state index < -0.39 is 0 Å². The topological polar surface area (TPSA) is 51.8 Å². The van der Waals surface area contributed by atoms with Crippen molar-refractivity contribution in [3.8, 4) is 34.2 Å². The largest absolute Gasteiger partial charge is 0.456 e. The summed E-state index contributed by atoms with van der Waals surface area (Å²) in [6.45, 7) is 0. The predicted octanol–water partition coefficient (Wildman–Crippen LogP) is 10.7. The molecule has 46 heavy (non-hydrogen) atoms. The summed E-state index contributed by atoms with van der Waals surface area (Å²) < 4.78 is 7.48. The van der Waals surface area contributed by atoms with Gasteiger partial charge in [-0.2, -0.15) is 0 Å². The van der Waals surface area contributed by atoms with Crippen molar-refractivity contribution >= 4 is 49.4 Å². The monoisotopic (exact) mass is 607 g/mol. The van der Waals surface area contributed by atoms with E-state index in [0.717, 1.165) is 38.6 Å². The molecule has 0 saturated heterocycles. The quantitative estimate of drug-likeness (QED) is 0.201. The van der Waals surface area contributed by atoms with Crippen molar-refractivity contribution in [2.75, 3.05) is 0 Å². The van der Waals surface area contributed by atoms with Crippen molar-refractivity contribution in [1.29, 1.82) is 0 Å². The van der Waals surface area contributed by atoms with Crippen molar-refractivity contribution in [2.24, 2.45) is 5.92 Å². The standard InChI is InChI=1S/C41H25N3OS/c1-2-10-26(11-3-1)39-42-40(27-20-21-30-29-13-6-7-15-33(29)45-34(30)23-27)44-41(43-39)32-14-8-16-35-37(32)31-22-19-25-18-17-24-9-4-5-12-28(24)36(25)38(31)46-35/h1-23,28,36H. The maximum atomic E-state index is 6.24. The molecule has 7 aromatic rings. The van der Waals surface area contributed by atoms with Gasteiger partial charge < -0.3 is 4.42 Å². The Hall–Kier alpha value is -5.65. The first-order valence-corrected chi connectivity index (χ1v) is 16.3. The molecule has 0 saturated carbocycles. The molecule has 4 nitrogen and oxygen atoms in total. The SMILES string of the molecule is C1=CC2=CC=C3C=Cc4c(sc5cccc(-c6nc(-c7ccccc7)nc(-c7ccc8c(c7)oc7ccccc78)n6)c45)C3C2C=C1. The van der Waals surface area contributed by atoms with Crippen LogP contribution in [0.15, 0.2) is 149 Å². The highest BCUT2D eigenvalue weighted by molar-refractivity contribution is 7.19. The lowest BCUT2D eigenvalue weighted by Crippen LogP contribution is -2.19. The molecule has 0 amide bonds. The molecule has 3 heterocycles. The fourth-order valence-electron chi connectivity index (χ4n) is 7.18. The fraction of sp³-hybridized carbons (Fsp3) is 0.0488. The lowest BCUT2D eigenvalue weighted by Gasteiger charge is -2.33. The molecule has 2 unspecified atom stereocenters. The van der Waals surface area contributed by atoms with Crippen LogP contribution in [0, 0.1) is 5.92 Å². The summed E-state index contributed by atoms with van der Waals surface area (Å²) >= 11 is 1.89. The average molecular weight is 608 g/mol. The Balaban J connectivity index is 1.17. The molecule has 216 valence electrons. The third kappa shape index (κ3) is 3.88. The van der Waals surface area contributed by atoms with Crippen LogP contribution in [0.2, 0.25) is 0 Å². The van der Waals surface area contributed by atoms with E-state index in [-0.39, 0.29) is 0 Å². The fourth-order valence-corrected chi connectivity index (χ4v) is 8.58. The molecule has 4 aromatic carbocycles. The van der Waals surface area contributed by atoms with Gasteiger partial charge in [0.2, 0.25) is 0 Å². The highest BCUT2D eigenvalue weighted by Crippen LogP contribution is 2.52. The molecular weight excluding hydrogens is 583 g/mol. The van der Waals surface area contributed by atoms with Gasteiger partial charge in [-0.25, -0.2) is 15.0 Å². The number of para-hydroxylation sites is 1. The number of hydrogen-bond acceptors (Lipinski definition) is 5. The summed E-state index contributed by atoms with van der Waals surface area (Å²) in [5.74, 6) is 2.57. The summed E-state index contributed by atoms with van der Waals surface area (Å²) in [5.41, 5.74) is 8.55. The maximum absolute atomic E-state index is 6.24. The lowest BCUT2D eigenvalue weighted by atomic mass is 9.72. The number of furan rings is 1. The van der Waals surface area contributed by atoms with Crippen LogP contribution in [-0.2, 0) is 0 Å². The van der Waals surface area contributed by atoms with Gasteiger partial charge in [0.1, 0.15) is 11.2 Å². The Labute approximate surface area is 269 Å². The van der Waals surface area contributed by atoms with E-state index in [1.54, 1.807) is 0 Å². The normalized spacial score (nSPS) is 18.0. The van der Waals surface area contributed by atoms with Gasteiger partial charge in [0.15, 0.2) is 17.5 Å². The summed E-state index contributed by atoms with van der Waals surface area (Å²) in [6, 6.07) is 31.0. The molecule has 3 aromatic heterocycles. The van der Waals surface area contributed by atoms with Crippen LogP contribution < -0.4 is 0 Å². The van der Waals surface area contributed by atoms with Gasteiger partial charge >= 0.3 is 0 Å². The number of benzene rings is 4. The zero-order chi connectivity index (χ0) is 30.2. The van der Waals surface area contributed by atoms with E-state index in [2.05, 4.69) is 97.1 Å². The third-order valence-electron chi connectivity index (χ3n) is 9.34. The Kier molecular flexibility index (Phi) is 5.54. The molecule has 0 spiro atoms. The molecule has 5 heteroatoms. The molecule has 0 radical (unpaired) electrons. The van der Waals surface area contributed by atoms with E-state index >= 15 is 0 Å². The maximum Gasteiger partial charge on any atom is 0.164 e. The van der Waals surface area contributed by atoms with Crippen molar-refractivity contribution in [3.05, 3.63) is 155 Å². The van der Waals surface area contributed by atoms with Crippen molar-refractivity contribution < 1.29 is 4.42 Å². The van der Waals surface area contributed by atoms with Gasteiger partial charge in [0, 0.05) is 54.3 Å². The number of aromatic nitrogens is 3. The van der Waals surface area contributed by atoms with Crippen LogP contribution in [0.25, 0.3) is 72.3 Å². The van der Waals surface area contributed by atoms with Gasteiger partial charge in [-0.1, -0.05) is 115 Å². The van der Waals surface area contributed by atoms with Crippen LogP contribution in [0.5, 0.6) is 0 Å². The van der Waals surface area contributed by atoms with E-state index in [1.165, 1.54) is 31.7 Å². The minimum atomic E-state index is 0.302. The first-order chi connectivity index (χ1) is 22.8. The number of nitrogens with zero attached hydrogens (tertiary/aromatic N) is 3. The molecule has 2 atom stereocenters. The average Bonchev–Trinajstić information content (AvgIpc) is 3.70. The van der Waals surface area contributed by atoms with Gasteiger partial charge in [-0.15, -0.1) is 11.3 Å². The van der Waals surface area contributed by atoms with Crippen LogP contribution in [0.1, 0.15) is 16.4 Å². The molecule has 10 rings (SSSR count). The zero-order valence-electron chi connectivity index (χ0n) is 24.6. The minimum Gasteiger partial charge on any atom is -0.456 e. The molecular formula is C41H25N3OS. The summed E-state index contributed by atoms with van der Waals surface area (Å²) in [4.78, 5) is 16.7. The Morgan fingerprint density at radius 1 is 0.609 bits per heavy atom. The zero-order valence-corrected chi connectivity index (χ0v) is 25.4. The Bertz CT molecular complexity index is 2540. The van der Waals surface area contributed by atoms with Gasteiger partial charge in [-0.3, -0.25) is 0 Å². The molecule has 0 bridgehead atoms. The van der Waals surface area contributed by atoms with Gasteiger partial charge in [0.05, 0.1) is 0 Å². The van der Waals surface area contributed by atoms with Gasteiger partial charge in [0.25, 0.3) is 0 Å². The van der Waals surface area contributed by atoms with E-state index in [0.29, 0.717) is 29.3 Å². The van der Waals surface area contributed by atoms with E-state index in [9.17, 15) is 0 Å². The van der Waals surface area contributed by atoms with Crippen molar-refractivity contribution in [1.82, 2.24) is 15.0 Å². The Morgan fingerprint density at radius 3 is 2.35 bits per heavy atom. The molecule has 0 aliphatic heterocycles. The summed E-state index contributed by atoms with van der Waals surface area (Å²) in [7, 11) is 0. The number of allylic oxidation sites excluding steroid dienone is 9. The molecule has 0 N–H and O–H groups in total. The second-order valence-corrected chi connectivity index (χ2v) is 13.0. The number of fused-ring (bicyclic) bond motifs is 10. The minimum absolute atomic E-state index is 0.302. The van der Waals surface area contributed by atoms with Crippen LogP contribution >= 0.6 is 11.3 Å². The predicted molar refractivity (Wildman–Crippen MR) is 189 cm³/mol. The first kappa shape index (κ1) is 25.7. The molecule has 3 aliphatic carbocycles. The van der Waals surface area contributed by atoms with Crippen LogP contribution in [0.3, 0.4) is 0 Å². The smallest absolute Gasteiger partial charge is 0.164 e. The lowest BCUT2D eigenvalue weighted by molar-refractivity contribution is 0.656. The number of hydrogen-bond donors (Lipinski definition) is 0. The summed E-state index contributed by atoms with van der Waals surface area (Å²) in [6.07, 6.45) is 18.1. The first-order valence-electron chi connectivity index (χ1n) is 15.5. The Morgan fingerprint density at radius 2 is 1.41 bits per heavy atom. The summed E-state index contributed by atoms with van der Waals surface area (Å²) in [5, 5.41) is 3.38. The van der Waals surface area contributed by atoms with Crippen LogP contribution in [0.4, 0.5) is 0 Å². The van der Waals surface area contributed by atoms with Gasteiger partial charge in [-0.05, 0) is 41.0 Å². The van der Waals surface area contributed by atoms with E-state index in [4.69, 9.17) is 19.4 Å².